The fourth-order valence-electron chi connectivity index (χ4n) is 6.09. The molecule has 3 fully saturated rings. The third-order valence-electron chi connectivity index (χ3n) is 8.31. The summed E-state index contributed by atoms with van der Waals surface area (Å²) in [5, 5.41) is 5.85. The Balaban J connectivity index is 1.24. The number of rotatable bonds is 4. The quantitative estimate of drug-likeness (QED) is 0.670. The number of carbonyl (C=O) groups is 3. The molecule has 1 unspecified atom stereocenters. The van der Waals surface area contributed by atoms with Crippen LogP contribution in [0.4, 0.5) is 5.69 Å². The molecule has 4 aliphatic rings. The van der Waals surface area contributed by atoms with Gasteiger partial charge in [0, 0.05) is 55.9 Å². The minimum Gasteiger partial charge on any atom is -0.369 e. The van der Waals surface area contributed by atoms with Gasteiger partial charge in [-0.1, -0.05) is 0 Å². The number of fused-ring (bicyclic) bond motifs is 1. The number of hydrogen-bond donors (Lipinski definition) is 2. The van der Waals surface area contributed by atoms with Gasteiger partial charge in [-0.15, -0.1) is 0 Å². The van der Waals surface area contributed by atoms with Crippen LogP contribution in [0.3, 0.4) is 0 Å². The molecule has 178 valence electrons. The molecule has 0 saturated carbocycles. The molecule has 1 aromatic rings. The summed E-state index contributed by atoms with van der Waals surface area (Å²) in [5.74, 6) is -0.000515. The van der Waals surface area contributed by atoms with E-state index in [1.807, 2.05) is 12.1 Å². The van der Waals surface area contributed by atoms with Gasteiger partial charge in [-0.3, -0.25) is 24.6 Å². The van der Waals surface area contributed by atoms with Crippen LogP contribution < -0.4 is 15.5 Å². The Morgan fingerprint density at radius 3 is 2.39 bits per heavy atom. The molecule has 0 bridgehead atoms. The van der Waals surface area contributed by atoms with Crippen LogP contribution in [0.2, 0.25) is 0 Å². The number of imide groups is 1. The Morgan fingerprint density at radius 2 is 1.70 bits per heavy atom. The Kier molecular flexibility index (Phi) is 5.91. The van der Waals surface area contributed by atoms with Gasteiger partial charge in [0.05, 0.1) is 0 Å². The first-order valence-electron chi connectivity index (χ1n) is 12.3. The summed E-state index contributed by atoms with van der Waals surface area (Å²) >= 11 is 0. The maximum atomic E-state index is 13.0. The van der Waals surface area contributed by atoms with E-state index in [0.29, 0.717) is 18.5 Å². The summed E-state index contributed by atoms with van der Waals surface area (Å²) in [7, 11) is 0. The average Bonchev–Trinajstić information content (AvgIpc) is 3.15. The van der Waals surface area contributed by atoms with Crippen molar-refractivity contribution in [1.82, 2.24) is 20.4 Å². The third kappa shape index (κ3) is 4.15. The van der Waals surface area contributed by atoms with E-state index in [4.69, 9.17) is 0 Å². The topological polar surface area (TPSA) is 85.0 Å². The number of amides is 3. The van der Waals surface area contributed by atoms with Crippen LogP contribution in [0.5, 0.6) is 0 Å². The van der Waals surface area contributed by atoms with Crippen molar-refractivity contribution in [3.8, 4) is 0 Å². The highest BCUT2D eigenvalue weighted by Gasteiger charge is 2.40. The predicted molar refractivity (Wildman–Crippen MR) is 126 cm³/mol. The van der Waals surface area contributed by atoms with E-state index in [1.165, 1.54) is 12.8 Å². The van der Waals surface area contributed by atoms with Crippen molar-refractivity contribution in [3.63, 3.8) is 0 Å². The first kappa shape index (κ1) is 22.3. The maximum Gasteiger partial charge on any atom is 0.255 e. The zero-order valence-corrected chi connectivity index (χ0v) is 19.7. The van der Waals surface area contributed by atoms with Gasteiger partial charge in [0.25, 0.3) is 5.91 Å². The largest absolute Gasteiger partial charge is 0.369 e. The summed E-state index contributed by atoms with van der Waals surface area (Å²) in [6.45, 7) is 11.5. The second kappa shape index (κ2) is 8.72. The lowest BCUT2D eigenvalue weighted by atomic mass is 9.79. The van der Waals surface area contributed by atoms with Crippen molar-refractivity contribution in [2.75, 3.05) is 44.2 Å². The lowest BCUT2D eigenvalue weighted by Crippen LogP contribution is -2.58. The minimum absolute atomic E-state index is 0.111. The fourth-order valence-corrected chi connectivity index (χ4v) is 6.09. The normalized spacial score (nSPS) is 25.4. The summed E-state index contributed by atoms with van der Waals surface area (Å²) in [6.07, 6.45) is 3.16. The summed E-state index contributed by atoms with van der Waals surface area (Å²) in [5.41, 5.74) is 3.00. The number of carbonyl (C=O) groups excluding carboxylic acids is 3. The first-order chi connectivity index (χ1) is 15.8. The van der Waals surface area contributed by atoms with E-state index in [-0.39, 0.29) is 29.7 Å². The smallest absolute Gasteiger partial charge is 0.255 e. The maximum absolute atomic E-state index is 13.0. The number of nitrogens with zero attached hydrogens (tertiary/aromatic N) is 3. The molecule has 3 amide bonds. The molecule has 4 heterocycles. The molecule has 5 rings (SSSR count). The number of anilines is 1. The van der Waals surface area contributed by atoms with Gasteiger partial charge >= 0.3 is 0 Å². The molecule has 1 aromatic carbocycles. The van der Waals surface area contributed by atoms with Crippen molar-refractivity contribution < 1.29 is 14.4 Å². The molecule has 4 aliphatic heterocycles. The van der Waals surface area contributed by atoms with Gasteiger partial charge in [-0.25, -0.2) is 0 Å². The molecule has 1 atom stereocenters. The van der Waals surface area contributed by atoms with Crippen molar-refractivity contribution in [1.29, 1.82) is 0 Å². The lowest BCUT2D eigenvalue weighted by Gasteiger charge is -2.49. The van der Waals surface area contributed by atoms with Crippen molar-refractivity contribution in [2.45, 2.75) is 57.7 Å². The monoisotopic (exact) mass is 453 g/mol. The van der Waals surface area contributed by atoms with Crippen LogP contribution in [0.15, 0.2) is 18.2 Å². The van der Waals surface area contributed by atoms with Crippen LogP contribution >= 0.6 is 0 Å². The Hall–Kier alpha value is -2.45. The molecule has 8 nitrogen and oxygen atoms in total. The SMILES string of the molecule is CC(C)(C1CCNCC1)N1CCN(c2ccc3c(c2)CN(C2CCC(=O)NC2=O)C3=O)CC1. The number of hydrogen-bond acceptors (Lipinski definition) is 6. The molecule has 0 aromatic heterocycles. The van der Waals surface area contributed by atoms with Crippen molar-refractivity contribution >= 4 is 23.4 Å². The van der Waals surface area contributed by atoms with Gasteiger partial charge in [0.2, 0.25) is 11.8 Å². The van der Waals surface area contributed by atoms with Gasteiger partial charge in [0.1, 0.15) is 6.04 Å². The van der Waals surface area contributed by atoms with Crippen LogP contribution in [0, 0.1) is 5.92 Å². The van der Waals surface area contributed by atoms with E-state index in [2.05, 4.69) is 40.3 Å². The van der Waals surface area contributed by atoms with E-state index in [0.717, 1.165) is 56.4 Å². The molecule has 0 radical (unpaired) electrons. The van der Waals surface area contributed by atoms with Crippen molar-refractivity contribution in [2.24, 2.45) is 5.92 Å². The van der Waals surface area contributed by atoms with Gasteiger partial charge in [0.15, 0.2) is 0 Å². The van der Waals surface area contributed by atoms with Crippen LogP contribution in [0.25, 0.3) is 0 Å². The standard InChI is InChI=1S/C25H35N5O3/c1-25(2,18-7-9-26-10-8-18)29-13-11-28(12-14-29)19-3-4-20-17(15-19)16-30(24(20)33)21-5-6-22(31)27-23(21)32/h3-4,15,18,21,26H,5-14,16H2,1-2H3,(H,27,31,32). The zero-order chi connectivity index (χ0) is 23.2. The molecular weight excluding hydrogens is 418 g/mol. The minimum atomic E-state index is -0.563. The third-order valence-corrected chi connectivity index (χ3v) is 8.31. The summed E-state index contributed by atoms with van der Waals surface area (Å²) < 4.78 is 0. The highest BCUT2D eigenvalue weighted by Crippen LogP contribution is 2.34. The van der Waals surface area contributed by atoms with Crippen molar-refractivity contribution in [3.05, 3.63) is 29.3 Å². The molecule has 3 saturated heterocycles. The second-order valence-electron chi connectivity index (χ2n) is 10.4. The van der Waals surface area contributed by atoms with E-state index in [1.54, 1.807) is 4.90 Å². The van der Waals surface area contributed by atoms with Gasteiger partial charge < -0.3 is 15.1 Å². The number of benzene rings is 1. The van der Waals surface area contributed by atoms with E-state index < -0.39 is 6.04 Å². The van der Waals surface area contributed by atoms with Crippen LogP contribution in [0.1, 0.15) is 55.5 Å². The second-order valence-corrected chi connectivity index (χ2v) is 10.4. The first-order valence-corrected chi connectivity index (χ1v) is 12.3. The highest BCUT2D eigenvalue weighted by molar-refractivity contribution is 6.05. The lowest BCUT2D eigenvalue weighted by molar-refractivity contribution is -0.136. The van der Waals surface area contributed by atoms with Crippen LogP contribution in [-0.2, 0) is 16.1 Å². The highest BCUT2D eigenvalue weighted by atomic mass is 16.2. The molecular formula is C25H35N5O3. The van der Waals surface area contributed by atoms with Gasteiger partial charge in [-0.2, -0.15) is 0 Å². The summed E-state index contributed by atoms with van der Waals surface area (Å²) in [6, 6.07) is 5.50. The van der Waals surface area contributed by atoms with Gasteiger partial charge in [-0.05, 0) is 75.9 Å². The number of piperidine rings is 2. The Labute approximate surface area is 195 Å². The molecule has 8 heteroatoms. The molecule has 0 spiro atoms. The summed E-state index contributed by atoms with van der Waals surface area (Å²) in [4.78, 5) is 43.4. The average molecular weight is 454 g/mol. The Morgan fingerprint density at radius 1 is 0.970 bits per heavy atom. The van der Waals surface area contributed by atoms with Crippen LogP contribution in [-0.4, -0.2) is 78.4 Å². The van der Waals surface area contributed by atoms with E-state index in [9.17, 15) is 14.4 Å². The van der Waals surface area contributed by atoms with E-state index >= 15 is 0 Å². The fraction of sp³-hybridized carbons (Fsp3) is 0.640. The molecule has 33 heavy (non-hydrogen) atoms. The predicted octanol–water partition coefficient (Wildman–Crippen LogP) is 1.35. The molecule has 0 aliphatic carbocycles. The molecule has 2 N–H and O–H groups in total. The zero-order valence-electron chi connectivity index (χ0n) is 19.7. The Bertz CT molecular complexity index is 947. The number of piperazine rings is 1. The number of nitrogens with one attached hydrogen (secondary N) is 2.